The Bertz CT molecular complexity index is 374. The van der Waals surface area contributed by atoms with Gasteiger partial charge < -0.3 is 10.4 Å². The Labute approximate surface area is 112 Å². The molecule has 94 valence electrons. The van der Waals surface area contributed by atoms with Crippen LogP contribution >= 0.6 is 15.9 Å². The van der Waals surface area contributed by atoms with E-state index in [2.05, 4.69) is 59.4 Å². The van der Waals surface area contributed by atoms with Gasteiger partial charge in [-0.25, -0.2) is 0 Å². The third kappa shape index (κ3) is 2.72. The highest BCUT2D eigenvalue weighted by atomic mass is 79.9. The van der Waals surface area contributed by atoms with Crippen LogP contribution < -0.4 is 5.32 Å². The second kappa shape index (κ2) is 5.09. The van der Waals surface area contributed by atoms with Crippen LogP contribution in [-0.4, -0.2) is 24.3 Å². The van der Waals surface area contributed by atoms with E-state index < -0.39 is 0 Å². The summed E-state index contributed by atoms with van der Waals surface area (Å²) in [6.45, 7) is 6.26. The Kier molecular flexibility index (Phi) is 3.91. The van der Waals surface area contributed by atoms with Gasteiger partial charge in [-0.15, -0.1) is 0 Å². The van der Waals surface area contributed by atoms with Crippen molar-refractivity contribution in [3.8, 4) is 0 Å². The molecule has 1 aliphatic heterocycles. The number of piperidine rings is 1. The van der Waals surface area contributed by atoms with Crippen LogP contribution in [0.5, 0.6) is 0 Å². The molecule has 0 bridgehead atoms. The first-order valence-electron chi connectivity index (χ1n) is 6.16. The van der Waals surface area contributed by atoms with Crippen molar-refractivity contribution in [3.05, 3.63) is 34.3 Å². The molecular formula is C14H20BrNO. The molecule has 3 heteroatoms. The van der Waals surface area contributed by atoms with Crippen LogP contribution in [0.3, 0.4) is 0 Å². The molecule has 0 unspecified atom stereocenters. The molecule has 2 atom stereocenters. The van der Waals surface area contributed by atoms with Crippen molar-refractivity contribution in [2.75, 3.05) is 13.1 Å². The first kappa shape index (κ1) is 13.1. The van der Waals surface area contributed by atoms with Crippen LogP contribution in [0.15, 0.2) is 28.7 Å². The molecule has 0 amide bonds. The minimum absolute atomic E-state index is 0.00641. The van der Waals surface area contributed by atoms with Crippen LogP contribution in [0.1, 0.15) is 25.8 Å². The summed E-state index contributed by atoms with van der Waals surface area (Å²) in [5.41, 5.74) is 1.28. The molecule has 0 aromatic heterocycles. The number of aliphatic hydroxyl groups excluding tert-OH is 1. The Hall–Kier alpha value is -0.380. The van der Waals surface area contributed by atoms with Crippen molar-refractivity contribution in [3.63, 3.8) is 0 Å². The summed E-state index contributed by atoms with van der Waals surface area (Å²) in [5.74, 6) is 0.275. The SMILES string of the molecule is CC(C)(c1ccc(Br)cc1)[C@H]1CNCC[C@@H]1O. The molecule has 1 aromatic carbocycles. The average Bonchev–Trinajstić information content (AvgIpc) is 2.30. The zero-order chi connectivity index (χ0) is 12.5. The Morgan fingerprint density at radius 2 is 1.94 bits per heavy atom. The van der Waals surface area contributed by atoms with E-state index in [9.17, 15) is 5.11 Å². The molecular weight excluding hydrogens is 278 g/mol. The fraction of sp³-hybridized carbons (Fsp3) is 0.571. The quantitative estimate of drug-likeness (QED) is 0.880. The molecule has 2 nitrogen and oxygen atoms in total. The predicted molar refractivity (Wildman–Crippen MR) is 74.2 cm³/mol. The van der Waals surface area contributed by atoms with E-state index in [4.69, 9.17) is 0 Å². The van der Waals surface area contributed by atoms with Crippen LogP contribution in [0.2, 0.25) is 0 Å². The van der Waals surface area contributed by atoms with Gasteiger partial charge in [-0.2, -0.15) is 0 Å². The van der Waals surface area contributed by atoms with E-state index in [1.807, 2.05) is 0 Å². The molecule has 2 N–H and O–H groups in total. The van der Waals surface area contributed by atoms with Crippen LogP contribution in [0.4, 0.5) is 0 Å². The van der Waals surface area contributed by atoms with Gasteiger partial charge in [0, 0.05) is 16.9 Å². The molecule has 0 saturated carbocycles. The maximum atomic E-state index is 10.2. The normalized spacial score (nSPS) is 25.9. The van der Waals surface area contributed by atoms with Crippen molar-refractivity contribution in [2.24, 2.45) is 5.92 Å². The monoisotopic (exact) mass is 297 g/mol. The van der Waals surface area contributed by atoms with Crippen molar-refractivity contribution in [2.45, 2.75) is 31.8 Å². The summed E-state index contributed by atoms with van der Waals surface area (Å²) in [6, 6.07) is 8.43. The summed E-state index contributed by atoms with van der Waals surface area (Å²) in [4.78, 5) is 0. The number of halogens is 1. The fourth-order valence-corrected chi connectivity index (χ4v) is 2.94. The van der Waals surface area contributed by atoms with Gasteiger partial charge in [-0.1, -0.05) is 41.9 Å². The van der Waals surface area contributed by atoms with Crippen LogP contribution in [0, 0.1) is 5.92 Å². The van der Waals surface area contributed by atoms with Crippen LogP contribution in [0.25, 0.3) is 0 Å². The molecule has 1 fully saturated rings. The van der Waals surface area contributed by atoms with E-state index in [-0.39, 0.29) is 17.4 Å². The third-order valence-electron chi connectivity index (χ3n) is 3.96. The molecule has 0 aliphatic carbocycles. The zero-order valence-corrected chi connectivity index (χ0v) is 12.0. The number of benzene rings is 1. The summed E-state index contributed by atoms with van der Waals surface area (Å²) in [5, 5.41) is 13.6. The minimum atomic E-state index is -0.199. The van der Waals surface area contributed by atoms with Crippen molar-refractivity contribution >= 4 is 15.9 Å². The second-order valence-electron chi connectivity index (χ2n) is 5.40. The molecule has 1 aliphatic rings. The maximum absolute atomic E-state index is 10.2. The topological polar surface area (TPSA) is 32.3 Å². The van der Waals surface area contributed by atoms with Gasteiger partial charge in [-0.3, -0.25) is 0 Å². The standard InChI is InChI=1S/C14H20BrNO/c1-14(2,10-3-5-11(15)6-4-10)12-9-16-8-7-13(12)17/h3-6,12-13,16-17H,7-9H2,1-2H3/t12-,13-/m0/s1. The van der Waals surface area contributed by atoms with Crippen LogP contribution in [-0.2, 0) is 5.41 Å². The summed E-state index contributed by atoms with van der Waals surface area (Å²) in [7, 11) is 0. The number of hydrogen-bond acceptors (Lipinski definition) is 2. The zero-order valence-electron chi connectivity index (χ0n) is 10.4. The molecule has 1 saturated heterocycles. The van der Waals surface area contributed by atoms with Crippen molar-refractivity contribution in [1.29, 1.82) is 0 Å². The third-order valence-corrected chi connectivity index (χ3v) is 4.49. The highest BCUT2D eigenvalue weighted by molar-refractivity contribution is 9.10. The highest BCUT2D eigenvalue weighted by Crippen LogP contribution is 2.36. The Balaban J connectivity index is 2.24. The lowest BCUT2D eigenvalue weighted by Gasteiger charge is -2.41. The van der Waals surface area contributed by atoms with E-state index in [0.29, 0.717) is 0 Å². The predicted octanol–water partition coefficient (Wildman–Crippen LogP) is 2.70. The largest absolute Gasteiger partial charge is 0.393 e. The molecule has 1 aromatic rings. The first-order chi connectivity index (χ1) is 8.01. The summed E-state index contributed by atoms with van der Waals surface area (Å²) in [6.07, 6.45) is 0.653. The van der Waals surface area contributed by atoms with Gasteiger partial charge in [0.25, 0.3) is 0 Å². The molecule has 17 heavy (non-hydrogen) atoms. The van der Waals surface area contributed by atoms with Gasteiger partial charge in [0.05, 0.1) is 6.10 Å². The van der Waals surface area contributed by atoms with Gasteiger partial charge in [0.2, 0.25) is 0 Å². The molecule has 1 heterocycles. The Morgan fingerprint density at radius 3 is 2.53 bits per heavy atom. The highest BCUT2D eigenvalue weighted by Gasteiger charge is 2.37. The fourth-order valence-electron chi connectivity index (χ4n) is 2.67. The lowest BCUT2D eigenvalue weighted by Crippen LogP contribution is -2.48. The number of aliphatic hydroxyl groups is 1. The van der Waals surface area contributed by atoms with Gasteiger partial charge in [0.1, 0.15) is 0 Å². The lowest BCUT2D eigenvalue weighted by atomic mass is 9.69. The van der Waals surface area contributed by atoms with E-state index in [1.54, 1.807) is 0 Å². The summed E-state index contributed by atoms with van der Waals surface area (Å²) < 4.78 is 1.10. The smallest absolute Gasteiger partial charge is 0.0601 e. The maximum Gasteiger partial charge on any atom is 0.0601 e. The number of nitrogens with one attached hydrogen (secondary N) is 1. The lowest BCUT2D eigenvalue weighted by molar-refractivity contribution is 0.0417. The Morgan fingerprint density at radius 1 is 1.29 bits per heavy atom. The first-order valence-corrected chi connectivity index (χ1v) is 6.96. The molecule has 2 rings (SSSR count). The van der Waals surface area contributed by atoms with Gasteiger partial charge in [-0.05, 0) is 36.1 Å². The van der Waals surface area contributed by atoms with E-state index in [0.717, 1.165) is 24.0 Å². The van der Waals surface area contributed by atoms with E-state index >= 15 is 0 Å². The van der Waals surface area contributed by atoms with Crippen molar-refractivity contribution in [1.82, 2.24) is 5.32 Å². The molecule has 0 radical (unpaired) electrons. The average molecular weight is 298 g/mol. The number of rotatable bonds is 2. The van der Waals surface area contributed by atoms with Gasteiger partial charge in [0.15, 0.2) is 0 Å². The van der Waals surface area contributed by atoms with Crippen molar-refractivity contribution < 1.29 is 5.11 Å². The van der Waals surface area contributed by atoms with Gasteiger partial charge >= 0.3 is 0 Å². The number of hydrogen-bond donors (Lipinski definition) is 2. The molecule has 0 spiro atoms. The summed E-state index contributed by atoms with van der Waals surface area (Å²) >= 11 is 3.46. The second-order valence-corrected chi connectivity index (χ2v) is 6.31. The van der Waals surface area contributed by atoms with E-state index in [1.165, 1.54) is 5.56 Å². The minimum Gasteiger partial charge on any atom is -0.393 e.